The number of ether oxygens (including phenoxy) is 1. The first-order chi connectivity index (χ1) is 16.5. The molecule has 176 valence electrons. The maximum Gasteiger partial charge on any atom is 0.388 e. The SMILES string of the molecule is CC(=O)NC1CCC(Nc2nc(OC(F)F)c3c(-c4ccc5nccnc5c4)ccn3n2)CC1. The Labute approximate surface area is 193 Å². The summed E-state index contributed by atoms with van der Waals surface area (Å²) in [4.78, 5) is 24.1. The second-order valence-corrected chi connectivity index (χ2v) is 8.29. The minimum Gasteiger partial charge on any atom is -0.414 e. The van der Waals surface area contributed by atoms with Crippen molar-refractivity contribution < 1.29 is 18.3 Å². The summed E-state index contributed by atoms with van der Waals surface area (Å²) in [6, 6.07) is 7.50. The van der Waals surface area contributed by atoms with Crippen molar-refractivity contribution >= 4 is 28.4 Å². The second kappa shape index (κ2) is 9.16. The molecule has 3 aromatic heterocycles. The first kappa shape index (κ1) is 21.9. The van der Waals surface area contributed by atoms with E-state index >= 15 is 0 Å². The number of anilines is 1. The van der Waals surface area contributed by atoms with Gasteiger partial charge in [0, 0.05) is 43.2 Å². The highest BCUT2D eigenvalue weighted by Gasteiger charge is 2.24. The van der Waals surface area contributed by atoms with E-state index in [-0.39, 0.29) is 29.8 Å². The van der Waals surface area contributed by atoms with Crippen molar-refractivity contribution in [3.05, 3.63) is 42.9 Å². The summed E-state index contributed by atoms with van der Waals surface area (Å²) in [7, 11) is 0. The number of rotatable bonds is 6. The monoisotopic (exact) mass is 467 g/mol. The Kier molecular flexibility index (Phi) is 5.91. The van der Waals surface area contributed by atoms with Gasteiger partial charge in [0.15, 0.2) is 0 Å². The molecule has 3 heterocycles. The Bertz CT molecular complexity index is 1340. The van der Waals surface area contributed by atoms with Crippen LogP contribution >= 0.6 is 0 Å². The zero-order valence-electron chi connectivity index (χ0n) is 18.4. The van der Waals surface area contributed by atoms with Crippen LogP contribution in [0, 0.1) is 0 Å². The third-order valence-electron chi connectivity index (χ3n) is 5.93. The minimum absolute atomic E-state index is 0.0409. The lowest BCUT2D eigenvalue weighted by Crippen LogP contribution is -2.39. The van der Waals surface area contributed by atoms with Crippen molar-refractivity contribution in [2.24, 2.45) is 0 Å². The van der Waals surface area contributed by atoms with E-state index in [4.69, 9.17) is 4.74 Å². The Hall–Kier alpha value is -3.89. The number of hydrogen-bond acceptors (Lipinski definition) is 7. The number of fused-ring (bicyclic) bond motifs is 2. The molecule has 0 atom stereocenters. The van der Waals surface area contributed by atoms with E-state index in [0.717, 1.165) is 36.8 Å². The lowest BCUT2D eigenvalue weighted by Gasteiger charge is -2.29. The quantitative estimate of drug-likeness (QED) is 0.444. The van der Waals surface area contributed by atoms with Crippen LogP contribution in [0.3, 0.4) is 0 Å². The van der Waals surface area contributed by atoms with Crippen LogP contribution < -0.4 is 15.4 Å². The van der Waals surface area contributed by atoms with Gasteiger partial charge >= 0.3 is 6.61 Å². The lowest BCUT2D eigenvalue weighted by molar-refractivity contribution is -0.119. The number of aromatic nitrogens is 5. The van der Waals surface area contributed by atoms with Crippen LogP contribution in [0.5, 0.6) is 5.88 Å². The van der Waals surface area contributed by atoms with Gasteiger partial charge in [-0.1, -0.05) is 6.07 Å². The number of carbonyl (C=O) groups is 1. The van der Waals surface area contributed by atoms with Gasteiger partial charge in [-0.15, -0.1) is 5.10 Å². The Balaban J connectivity index is 1.45. The summed E-state index contributed by atoms with van der Waals surface area (Å²) >= 11 is 0. The van der Waals surface area contributed by atoms with Crippen LogP contribution in [0.1, 0.15) is 32.6 Å². The van der Waals surface area contributed by atoms with E-state index in [0.29, 0.717) is 16.6 Å². The summed E-state index contributed by atoms with van der Waals surface area (Å²) < 4.78 is 32.8. The molecule has 0 unspecified atom stereocenters. The van der Waals surface area contributed by atoms with Crippen LogP contribution in [-0.2, 0) is 4.79 Å². The smallest absolute Gasteiger partial charge is 0.388 e. The van der Waals surface area contributed by atoms with E-state index in [1.807, 2.05) is 18.2 Å². The molecule has 0 saturated heterocycles. The fourth-order valence-electron chi connectivity index (χ4n) is 4.44. The number of benzene rings is 1. The fourth-order valence-corrected chi connectivity index (χ4v) is 4.44. The highest BCUT2D eigenvalue weighted by atomic mass is 19.3. The van der Waals surface area contributed by atoms with Gasteiger partial charge < -0.3 is 15.4 Å². The van der Waals surface area contributed by atoms with Gasteiger partial charge in [0.05, 0.1) is 11.0 Å². The van der Waals surface area contributed by atoms with Gasteiger partial charge in [-0.05, 0) is 49.4 Å². The van der Waals surface area contributed by atoms with Gasteiger partial charge in [-0.2, -0.15) is 13.8 Å². The van der Waals surface area contributed by atoms with Crippen LogP contribution in [0.15, 0.2) is 42.9 Å². The first-order valence-electron chi connectivity index (χ1n) is 11.1. The number of nitrogens with zero attached hydrogens (tertiary/aromatic N) is 5. The van der Waals surface area contributed by atoms with Crippen molar-refractivity contribution in [2.45, 2.75) is 51.3 Å². The Morgan fingerprint density at radius 3 is 2.56 bits per heavy atom. The molecule has 34 heavy (non-hydrogen) atoms. The van der Waals surface area contributed by atoms with Gasteiger partial charge in [0.2, 0.25) is 17.7 Å². The Morgan fingerprint density at radius 2 is 1.82 bits per heavy atom. The molecule has 0 spiro atoms. The second-order valence-electron chi connectivity index (χ2n) is 8.29. The Morgan fingerprint density at radius 1 is 1.09 bits per heavy atom. The summed E-state index contributed by atoms with van der Waals surface area (Å²) in [6.45, 7) is -1.53. The summed E-state index contributed by atoms with van der Waals surface area (Å²) in [6.07, 6.45) is 8.12. The molecule has 9 nitrogen and oxygen atoms in total. The van der Waals surface area contributed by atoms with Crippen LogP contribution in [0.2, 0.25) is 0 Å². The van der Waals surface area contributed by atoms with Crippen LogP contribution in [0.25, 0.3) is 27.7 Å². The van der Waals surface area contributed by atoms with Gasteiger partial charge in [-0.3, -0.25) is 14.8 Å². The lowest BCUT2D eigenvalue weighted by atomic mass is 9.91. The minimum atomic E-state index is -3.04. The zero-order valence-corrected chi connectivity index (χ0v) is 18.4. The number of amides is 1. The third-order valence-corrected chi connectivity index (χ3v) is 5.93. The number of hydrogen-bond donors (Lipinski definition) is 2. The molecule has 1 aliphatic rings. The highest BCUT2D eigenvalue weighted by molar-refractivity contribution is 5.89. The molecule has 1 fully saturated rings. The molecule has 0 bridgehead atoms. The number of carbonyl (C=O) groups excluding carboxylic acids is 1. The molecule has 1 aliphatic carbocycles. The van der Waals surface area contributed by atoms with E-state index in [1.165, 1.54) is 11.4 Å². The van der Waals surface area contributed by atoms with E-state index in [2.05, 4.69) is 30.7 Å². The van der Waals surface area contributed by atoms with Crippen molar-refractivity contribution in [3.8, 4) is 17.0 Å². The average molecular weight is 467 g/mol. The third kappa shape index (κ3) is 4.59. The largest absolute Gasteiger partial charge is 0.414 e. The first-order valence-corrected chi connectivity index (χ1v) is 11.1. The van der Waals surface area contributed by atoms with Crippen LogP contribution in [-0.4, -0.2) is 49.2 Å². The van der Waals surface area contributed by atoms with Gasteiger partial charge in [-0.25, -0.2) is 4.52 Å². The number of nitrogens with one attached hydrogen (secondary N) is 2. The average Bonchev–Trinajstić information content (AvgIpc) is 3.24. The standard InChI is InChI=1S/C23H23F2N7O2/c1-13(33)28-15-3-5-16(6-4-15)29-23-30-21(34-22(24)25)20-17(8-11-32(20)31-23)14-2-7-18-19(12-14)27-10-9-26-18/h2,7-12,15-16,22H,3-6H2,1H3,(H,28,33)(H,29,31). The zero-order chi connectivity index (χ0) is 23.7. The van der Waals surface area contributed by atoms with Crippen molar-refractivity contribution in [2.75, 3.05) is 5.32 Å². The number of halogens is 2. The fraction of sp³-hybridized carbons (Fsp3) is 0.348. The maximum atomic E-state index is 13.3. The van der Waals surface area contributed by atoms with Gasteiger partial charge in [0.25, 0.3) is 0 Å². The number of alkyl halides is 2. The van der Waals surface area contributed by atoms with Crippen molar-refractivity contribution in [1.29, 1.82) is 0 Å². The normalized spacial score (nSPS) is 18.4. The molecule has 0 aliphatic heterocycles. The molecule has 11 heteroatoms. The summed E-state index contributed by atoms with van der Waals surface area (Å²) in [5.41, 5.74) is 3.16. The molecule has 1 saturated carbocycles. The van der Waals surface area contributed by atoms with E-state index in [1.54, 1.807) is 24.7 Å². The molecule has 2 N–H and O–H groups in total. The van der Waals surface area contributed by atoms with Gasteiger partial charge in [0.1, 0.15) is 5.52 Å². The van der Waals surface area contributed by atoms with E-state index in [9.17, 15) is 13.6 Å². The van der Waals surface area contributed by atoms with Crippen LogP contribution in [0.4, 0.5) is 14.7 Å². The predicted molar refractivity (Wildman–Crippen MR) is 122 cm³/mol. The van der Waals surface area contributed by atoms with Crippen molar-refractivity contribution in [1.82, 2.24) is 29.9 Å². The maximum absolute atomic E-state index is 13.3. The van der Waals surface area contributed by atoms with Crippen molar-refractivity contribution in [3.63, 3.8) is 0 Å². The summed E-state index contributed by atoms with van der Waals surface area (Å²) in [5.74, 6) is -0.0443. The van der Waals surface area contributed by atoms with E-state index < -0.39 is 6.61 Å². The molecule has 1 aromatic carbocycles. The molecule has 1 amide bonds. The predicted octanol–water partition coefficient (Wildman–Crippen LogP) is 3.80. The topological polar surface area (TPSA) is 106 Å². The molecule has 0 radical (unpaired) electrons. The molecule has 5 rings (SSSR count). The molecular weight excluding hydrogens is 444 g/mol. The molecule has 4 aromatic rings. The molecular formula is C23H23F2N7O2. The highest BCUT2D eigenvalue weighted by Crippen LogP contribution is 2.33. The summed E-state index contributed by atoms with van der Waals surface area (Å²) in [5, 5.41) is 10.7.